The number of nitrogens with two attached hydrogens (primary N) is 1. The number of hydrogen-bond donors (Lipinski definition) is 2. The smallest absolute Gasteiger partial charge is 0.293 e. The Balaban J connectivity index is 2.96. The van der Waals surface area contributed by atoms with Crippen molar-refractivity contribution < 1.29 is 13.3 Å². The summed E-state index contributed by atoms with van der Waals surface area (Å²) >= 11 is 0. The minimum absolute atomic E-state index is 0.0638. The minimum atomic E-state index is -3.74. The molecule has 0 heterocycles. The van der Waals surface area contributed by atoms with Gasteiger partial charge in [-0.05, 0) is 24.5 Å². The Morgan fingerprint density at radius 1 is 1.42 bits per heavy atom. The van der Waals surface area contributed by atoms with Gasteiger partial charge in [0.25, 0.3) is 5.69 Å². The van der Waals surface area contributed by atoms with Gasteiger partial charge < -0.3 is 5.73 Å². The van der Waals surface area contributed by atoms with Gasteiger partial charge in [0, 0.05) is 12.6 Å². The molecule has 1 rings (SSSR count). The zero-order valence-electron chi connectivity index (χ0n) is 10.8. The van der Waals surface area contributed by atoms with Crippen LogP contribution in [0.3, 0.4) is 0 Å². The molecule has 0 fully saturated rings. The predicted octanol–water partition coefficient (Wildman–Crippen LogP) is 1.50. The number of rotatable bonds is 6. The molecule has 8 heteroatoms. The predicted molar refractivity (Wildman–Crippen MR) is 72.2 cm³/mol. The fraction of sp³-hybridized carbons (Fsp3) is 0.455. The molecule has 0 aliphatic rings. The molecule has 0 aromatic heterocycles. The summed E-state index contributed by atoms with van der Waals surface area (Å²) in [4.78, 5) is 9.85. The zero-order valence-corrected chi connectivity index (χ0v) is 11.6. The summed E-state index contributed by atoms with van der Waals surface area (Å²) in [6.07, 6.45) is 0.691. The van der Waals surface area contributed by atoms with Crippen molar-refractivity contribution in [3.8, 4) is 0 Å². The van der Waals surface area contributed by atoms with Crippen molar-refractivity contribution in [3.05, 3.63) is 28.3 Å². The van der Waals surface area contributed by atoms with Crippen LogP contribution in [0.15, 0.2) is 23.1 Å². The molecule has 0 bridgehead atoms. The second kappa shape index (κ2) is 5.98. The topological polar surface area (TPSA) is 115 Å². The Morgan fingerprint density at radius 3 is 2.58 bits per heavy atom. The molecule has 7 nitrogen and oxygen atoms in total. The molecule has 0 saturated heterocycles. The van der Waals surface area contributed by atoms with E-state index in [9.17, 15) is 18.5 Å². The normalized spacial score (nSPS) is 11.7. The molecule has 0 saturated carbocycles. The number of hydrogen-bond acceptors (Lipinski definition) is 5. The van der Waals surface area contributed by atoms with Crippen molar-refractivity contribution in [3.63, 3.8) is 0 Å². The zero-order chi connectivity index (χ0) is 14.6. The van der Waals surface area contributed by atoms with Crippen LogP contribution in [0.5, 0.6) is 0 Å². The largest absolute Gasteiger partial charge is 0.393 e. The molecule has 1 aromatic rings. The monoisotopic (exact) mass is 287 g/mol. The van der Waals surface area contributed by atoms with Crippen LogP contribution in [0.1, 0.15) is 20.3 Å². The van der Waals surface area contributed by atoms with Gasteiger partial charge in [-0.1, -0.05) is 13.8 Å². The lowest BCUT2D eigenvalue weighted by Crippen LogP contribution is -2.25. The number of anilines is 1. The highest BCUT2D eigenvalue weighted by Gasteiger charge is 2.19. The first kappa shape index (κ1) is 15.4. The van der Waals surface area contributed by atoms with Gasteiger partial charge >= 0.3 is 0 Å². The Labute approximate surface area is 112 Å². The van der Waals surface area contributed by atoms with Crippen molar-refractivity contribution in [1.82, 2.24) is 4.72 Å². The summed E-state index contributed by atoms with van der Waals surface area (Å²) < 4.78 is 26.3. The first-order valence-electron chi connectivity index (χ1n) is 5.77. The summed E-state index contributed by atoms with van der Waals surface area (Å²) in [5.74, 6) is 0.364. The summed E-state index contributed by atoms with van der Waals surface area (Å²) in [6, 6.07) is 3.43. The van der Waals surface area contributed by atoms with Crippen molar-refractivity contribution in [2.24, 2.45) is 5.92 Å². The summed E-state index contributed by atoms with van der Waals surface area (Å²) in [5, 5.41) is 10.7. The molecule has 106 valence electrons. The Bertz CT molecular complexity index is 569. The van der Waals surface area contributed by atoms with Crippen LogP contribution >= 0.6 is 0 Å². The van der Waals surface area contributed by atoms with Crippen LogP contribution in [0.25, 0.3) is 0 Å². The van der Waals surface area contributed by atoms with Crippen LogP contribution in [0.4, 0.5) is 11.4 Å². The Kier molecular flexibility index (Phi) is 4.84. The van der Waals surface area contributed by atoms with Crippen molar-refractivity contribution in [1.29, 1.82) is 0 Å². The fourth-order valence-corrected chi connectivity index (χ4v) is 2.48. The molecule has 0 radical (unpaired) electrons. The number of nitro benzene ring substituents is 1. The number of nitrogens with zero attached hydrogens (tertiary/aromatic N) is 1. The van der Waals surface area contributed by atoms with Gasteiger partial charge in [-0.3, -0.25) is 10.1 Å². The molecule has 0 atom stereocenters. The highest BCUT2D eigenvalue weighted by atomic mass is 32.2. The maximum atomic E-state index is 11.9. The van der Waals surface area contributed by atoms with Gasteiger partial charge in [-0.2, -0.15) is 0 Å². The molecule has 1 aromatic carbocycles. The van der Waals surface area contributed by atoms with Crippen LogP contribution in [-0.4, -0.2) is 19.9 Å². The van der Waals surface area contributed by atoms with Gasteiger partial charge in [0.2, 0.25) is 10.0 Å². The first-order valence-corrected chi connectivity index (χ1v) is 7.26. The van der Waals surface area contributed by atoms with Crippen LogP contribution < -0.4 is 10.5 Å². The average Bonchev–Trinajstić information content (AvgIpc) is 2.27. The van der Waals surface area contributed by atoms with E-state index in [0.717, 1.165) is 6.07 Å². The second-order valence-electron chi connectivity index (χ2n) is 4.56. The molecule has 19 heavy (non-hydrogen) atoms. The third-order valence-electron chi connectivity index (χ3n) is 2.52. The minimum Gasteiger partial charge on any atom is -0.393 e. The van der Waals surface area contributed by atoms with E-state index in [1.165, 1.54) is 12.1 Å². The van der Waals surface area contributed by atoms with Crippen LogP contribution in [-0.2, 0) is 10.0 Å². The van der Waals surface area contributed by atoms with Crippen molar-refractivity contribution >= 4 is 21.4 Å². The lowest BCUT2D eigenvalue weighted by atomic mass is 10.1. The van der Waals surface area contributed by atoms with E-state index in [1.54, 1.807) is 0 Å². The average molecular weight is 287 g/mol. The third-order valence-corrected chi connectivity index (χ3v) is 3.98. The lowest BCUT2D eigenvalue weighted by molar-refractivity contribution is -0.384. The fourth-order valence-electron chi connectivity index (χ4n) is 1.41. The second-order valence-corrected chi connectivity index (χ2v) is 6.32. The maximum Gasteiger partial charge on any atom is 0.293 e. The molecule has 0 aliphatic heterocycles. The van der Waals surface area contributed by atoms with Crippen molar-refractivity contribution in [2.45, 2.75) is 25.2 Å². The quantitative estimate of drug-likeness (QED) is 0.467. The molecule has 0 spiro atoms. The Hall–Kier alpha value is -1.67. The van der Waals surface area contributed by atoms with E-state index in [-0.39, 0.29) is 17.1 Å². The van der Waals surface area contributed by atoms with Crippen LogP contribution in [0.2, 0.25) is 0 Å². The van der Waals surface area contributed by atoms with E-state index in [0.29, 0.717) is 12.3 Å². The summed E-state index contributed by atoms with van der Waals surface area (Å²) in [7, 11) is -3.74. The summed E-state index contributed by atoms with van der Waals surface area (Å²) in [5.41, 5.74) is 4.94. The van der Waals surface area contributed by atoms with Gasteiger partial charge in [-0.15, -0.1) is 0 Å². The van der Waals surface area contributed by atoms with E-state index < -0.39 is 20.6 Å². The van der Waals surface area contributed by atoms with Crippen molar-refractivity contribution in [2.75, 3.05) is 12.3 Å². The highest BCUT2D eigenvalue weighted by Crippen LogP contribution is 2.24. The molecular weight excluding hydrogens is 270 g/mol. The van der Waals surface area contributed by atoms with E-state index >= 15 is 0 Å². The Morgan fingerprint density at radius 2 is 2.05 bits per heavy atom. The van der Waals surface area contributed by atoms with Crippen LogP contribution in [0, 0.1) is 16.0 Å². The van der Waals surface area contributed by atoms with Gasteiger partial charge in [0.05, 0.1) is 9.82 Å². The van der Waals surface area contributed by atoms with Gasteiger partial charge in [0.1, 0.15) is 5.69 Å². The number of nitrogen functional groups attached to an aromatic ring is 1. The first-order chi connectivity index (χ1) is 8.74. The molecule has 0 amide bonds. The third kappa shape index (κ3) is 4.18. The molecule has 0 unspecified atom stereocenters. The number of sulfonamides is 1. The highest BCUT2D eigenvalue weighted by molar-refractivity contribution is 7.89. The maximum absolute atomic E-state index is 11.9. The number of nitrogens with one attached hydrogen (secondary N) is 1. The number of benzene rings is 1. The van der Waals surface area contributed by atoms with E-state index in [4.69, 9.17) is 5.73 Å². The molecule has 0 aliphatic carbocycles. The standard InChI is InChI=1S/C11H17N3O4S/c1-8(2)5-6-13-19(17,18)9-3-4-10(12)11(7-9)14(15)16/h3-4,7-8,13H,5-6,12H2,1-2H3. The molecular formula is C11H17N3O4S. The number of nitro groups is 1. The SMILES string of the molecule is CC(C)CCNS(=O)(=O)c1ccc(N)c([N+](=O)[O-])c1. The van der Waals surface area contributed by atoms with Gasteiger partial charge in [-0.25, -0.2) is 13.1 Å². The van der Waals surface area contributed by atoms with E-state index in [1.807, 2.05) is 13.8 Å². The lowest BCUT2D eigenvalue weighted by Gasteiger charge is -2.08. The van der Waals surface area contributed by atoms with Gasteiger partial charge in [0.15, 0.2) is 0 Å². The van der Waals surface area contributed by atoms with E-state index in [2.05, 4.69) is 4.72 Å². The summed E-state index contributed by atoms with van der Waals surface area (Å²) in [6.45, 7) is 4.24. The molecule has 3 N–H and O–H groups in total.